The number of hydrogen-bond acceptors (Lipinski definition) is 3. The Bertz CT molecular complexity index is 1130. The van der Waals surface area contributed by atoms with Gasteiger partial charge in [0.15, 0.2) is 0 Å². The van der Waals surface area contributed by atoms with E-state index in [0.29, 0.717) is 27.3 Å². The third-order valence-electron chi connectivity index (χ3n) is 4.16. The Labute approximate surface area is 156 Å². The number of amides is 1. The summed E-state index contributed by atoms with van der Waals surface area (Å²) in [6.07, 6.45) is -1.98. The molecule has 0 radical (unpaired) electrons. The lowest BCUT2D eigenvalue weighted by Gasteiger charge is -2.05. The molecule has 0 aliphatic rings. The van der Waals surface area contributed by atoms with Crippen LogP contribution in [0.3, 0.4) is 0 Å². The molecule has 4 rings (SSSR count). The molecule has 0 saturated heterocycles. The topological polar surface area (TPSA) is 57.8 Å². The summed E-state index contributed by atoms with van der Waals surface area (Å²) in [5, 5.41) is 4.47. The Morgan fingerprint density at radius 1 is 1.15 bits per heavy atom. The Kier molecular flexibility index (Phi) is 4.35. The highest BCUT2D eigenvalue weighted by Gasteiger charge is 2.30. The zero-order valence-electron chi connectivity index (χ0n) is 13.9. The van der Waals surface area contributed by atoms with E-state index in [1.165, 1.54) is 17.4 Å². The van der Waals surface area contributed by atoms with Gasteiger partial charge in [0.2, 0.25) is 5.91 Å². The van der Waals surface area contributed by atoms with Crippen molar-refractivity contribution in [3.8, 4) is 0 Å². The van der Waals surface area contributed by atoms with Crippen LogP contribution < -0.4 is 5.32 Å². The van der Waals surface area contributed by atoms with Crippen LogP contribution in [-0.4, -0.2) is 15.9 Å². The Morgan fingerprint density at radius 2 is 2.00 bits per heavy atom. The number of fused-ring (bicyclic) bond motifs is 2. The molecule has 4 nitrogen and oxygen atoms in total. The van der Waals surface area contributed by atoms with Crippen molar-refractivity contribution in [2.24, 2.45) is 0 Å². The molecular formula is C19H14F3N3OS. The van der Waals surface area contributed by atoms with Crippen molar-refractivity contribution in [1.29, 1.82) is 0 Å². The summed E-state index contributed by atoms with van der Waals surface area (Å²) in [5.41, 5.74) is 1.28. The first kappa shape index (κ1) is 17.5. The first-order valence-corrected chi connectivity index (χ1v) is 9.04. The number of aromatic amines is 1. The van der Waals surface area contributed by atoms with Gasteiger partial charge in [0, 0.05) is 35.6 Å². The van der Waals surface area contributed by atoms with E-state index in [2.05, 4.69) is 15.3 Å². The molecule has 0 unspecified atom stereocenters. The van der Waals surface area contributed by atoms with Gasteiger partial charge in [-0.15, -0.1) is 11.3 Å². The summed E-state index contributed by atoms with van der Waals surface area (Å²) in [6.45, 7) is 0. The summed E-state index contributed by atoms with van der Waals surface area (Å²) in [7, 11) is 0. The number of anilines is 1. The van der Waals surface area contributed by atoms with Crippen molar-refractivity contribution in [3.05, 3.63) is 59.2 Å². The van der Waals surface area contributed by atoms with Crippen LogP contribution in [-0.2, 0) is 17.4 Å². The van der Waals surface area contributed by atoms with Crippen molar-refractivity contribution in [2.45, 2.75) is 19.0 Å². The lowest BCUT2D eigenvalue weighted by Crippen LogP contribution is -2.12. The predicted molar refractivity (Wildman–Crippen MR) is 99.9 cm³/mol. The number of aryl methyl sites for hydroxylation is 1. The monoisotopic (exact) mass is 389 g/mol. The number of halogens is 3. The number of aromatic nitrogens is 2. The van der Waals surface area contributed by atoms with Crippen LogP contribution in [0.2, 0.25) is 0 Å². The number of thiazole rings is 1. The Balaban J connectivity index is 1.42. The zero-order chi connectivity index (χ0) is 19.0. The van der Waals surface area contributed by atoms with Crippen molar-refractivity contribution in [1.82, 2.24) is 9.97 Å². The molecule has 0 fully saturated rings. The zero-order valence-corrected chi connectivity index (χ0v) is 14.7. The molecule has 2 aromatic carbocycles. The maximum atomic E-state index is 12.8. The number of carbonyl (C=O) groups is 1. The van der Waals surface area contributed by atoms with E-state index in [4.69, 9.17) is 0 Å². The van der Waals surface area contributed by atoms with Crippen molar-refractivity contribution < 1.29 is 18.0 Å². The van der Waals surface area contributed by atoms with E-state index in [9.17, 15) is 18.0 Å². The van der Waals surface area contributed by atoms with Gasteiger partial charge in [0.05, 0.1) is 20.8 Å². The minimum absolute atomic E-state index is 0.167. The number of carbonyl (C=O) groups excluding carboxylic acids is 1. The van der Waals surface area contributed by atoms with Gasteiger partial charge in [-0.2, -0.15) is 13.2 Å². The van der Waals surface area contributed by atoms with Crippen LogP contribution in [0.4, 0.5) is 18.9 Å². The van der Waals surface area contributed by atoms with Gasteiger partial charge in [-0.25, -0.2) is 4.98 Å². The fourth-order valence-electron chi connectivity index (χ4n) is 2.83. The van der Waals surface area contributed by atoms with E-state index >= 15 is 0 Å². The molecule has 1 amide bonds. The van der Waals surface area contributed by atoms with Gasteiger partial charge < -0.3 is 10.3 Å². The molecule has 0 aliphatic carbocycles. The number of benzene rings is 2. The van der Waals surface area contributed by atoms with Crippen LogP contribution >= 0.6 is 11.3 Å². The highest BCUT2D eigenvalue weighted by atomic mass is 32.1. The van der Waals surface area contributed by atoms with Gasteiger partial charge in [-0.3, -0.25) is 4.79 Å². The first-order valence-electron chi connectivity index (χ1n) is 8.22. The Hall–Kier alpha value is -2.87. The third-order valence-corrected chi connectivity index (χ3v) is 5.26. The smallest absolute Gasteiger partial charge is 0.361 e. The lowest BCUT2D eigenvalue weighted by molar-refractivity contribution is -0.137. The van der Waals surface area contributed by atoms with Crippen molar-refractivity contribution in [3.63, 3.8) is 0 Å². The molecular weight excluding hydrogens is 375 g/mol. The number of nitrogens with one attached hydrogen (secondary N) is 2. The quantitative estimate of drug-likeness (QED) is 0.493. The van der Waals surface area contributed by atoms with Crippen LogP contribution in [0.15, 0.2) is 48.7 Å². The summed E-state index contributed by atoms with van der Waals surface area (Å²) < 4.78 is 39.0. The molecule has 0 aliphatic heterocycles. The lowest BCUT2D eigenvalue weighted by atomic mass is 10.2. The van der Waals surface area contributed by atoms with E-state index < -0.39 is 11.7 Å². The minimum Gasteiger partial charge on any atom is -0.361 e. The third kappa shape index (κ3) is 3.80. The van der Waals surface area contributed by atoms with Crippen molar-refractivity contribution in [2.75, 3.05) is 5.32 Å². The van der Waals surface area contributed by atoms with Gasteiger partial charge in [0.1, 0.15) is 0 Å². The second kappa shape index (κ2) is 6.70. The molecule has 0 bridgehead atoms. The largest absolute Gasteiger partial charge is 0.416 e. The summed E-state index contributed by atoms with van der Waals surface area (Å²) in [4.78, 5) is 19.5. The number of H-pyrrole nitrogens is 1. The maximum Gasteiger partial charge on any atom is 0.416 e. The number of hydrogen-bond donors (Lipinski definition) is 2. The summed E-state index contributed by atoms with van der Waals surface area (Å²) in [6, 6.07) is 11.0. The molecule has 0 atom stereocenters. The predicted octanol–water partition coefficient (Wildman–Crippen LogP) is 5.37. The van der Waals surface area contributed by atoms with Crippen LogP contribution in [0, 0.1) is 0 Å². The highest BCUT2D eigenvalue weighted by Crippen LogP contribution is 2.33. The van der Waals surface area contributed by atoms with Crippen LogP contribution in [0.1, 0.15) is 17.0 Å². The van der Waals surface area contributed by atoms with Crippen LogP contribution in [0.5, 0.6) is 0 Å². The molecule has 4 aromatic rings. The van der Waals surface area contributed by atoms with Gasteiger partial charge in [0.25, 0.3) is 0 Å². The average molecular weight is 389 g/mol. The van der Waals surface area contributed by atoms with Crippen LogP contribution in [0.25, 0.3) is 21.1 Å². The highest BCUT2D eigenvalue weighted by molar-refractivity contribution is 7.18. The maximum absolute atomic E-state index is 12.8. The molecule has 8 heteroatoms. The van der Waals surface area contributed by atoms with Crippen molar-refractivity contribution >= 4 is 44.1 Å². The molecule has 2 heterocycles. The molecule has 138 valence electrons. The van der Waals surface area contributed by atoms with E-state index in [0.717, 1.165) is 23.0 Å². The van der Waals surface area contributed by atoms with Gasteiger partial charge >= 0.3 is 6.18 Å². The molecule has 0 saturated carbocycles. The second-order valence-electron chi connectivity index (χ2n) is 6.12. The van der Waals surface area contributed by atoms with Gasteiger partial charge in [-0.05, 0) is 42.5 Å². The normalized spacial score (nSPS) is 12.0. The number of alkyl halides is 3. The molecule has 2 N–H and O–H groups in total. The standard InChI is InChI=1S/C19H14F3N3OS/c20-19(21,22)12-1-4-16-15(10-12)25-18(27-16)6-5-17(26)24-13-2-3-14-11(9-13)7-8-23-14/h1-4,7-10,23H,5-6H2,(H,24,26). The second-order valence-corrected chi connectivity index (χ2v) is 7.23. The fourth-order valence-corrected chi connectivity index (χ4v) is 3.78. The SMILES string of the molecule is O=C(CCc1nc2cc(C(F)(F)F)ccc2s1)Nc1ccc2[nH]ccc2c1. The van der Waals surface area contributed by atoms with E-state index in [1.807, 2.05) is 30.5 Å². The minimum atomic E-state index is -4.39. The van der Waals surface area contributed by atoms with E-state index in [-0.39, 0.29) is 12.3 Å². The summed E-state index contributed by atoms with van der Waals surface area (Å²) >= 11 is 1.31. The van der Waals surface area contributed by atoms with E-state index in [1.54, 1.807) is 0 Å². The van der Waals surface area contributed by atoms with Gasteiger partial charge in [-0.1, -0.05) is 0 Å². The molecule has 27 heavy (non-hydrogen) atoms. The number of rotatable bonds is 4. The molecule has 0 spiro atoms. The molecule has 2 aromatic heterocycles. The summed E-state index contributed by atoms with van der Waals surface area (Å²) in [5.74, 6) is -0.167. The number of nitrogens with zero attached hydrogens (tertiary/aromatic N) is 1. The average Bonchev–Trinajstić information content (AvgIpc) is 3.24. The first-order chi connectivity index (χ1) is 12.9. The Morgan fingerprint density at radius 3 is 2.81 bits per heavy atom. The fraction of sp³-hybridized carbons (Fsp3) is 0.158.